The Kier molecular flexibility index (Phi) is 27.4. The van der Waals surface area contributed by atoms with Crippen molar-refractivity contribution in [2.75, 3.05) is 54.0 Å². The minimum absolute atomic E-state index is 0.00754. The molecule has 0 aliphatic carbocycles. The van der Waals surface area contributed by atoms with Gasteiger partial charge in [0.2, 0.25) is 6.41 Å². The normalized spacial score (nSPS) is 18.2. The second-order valence-corrected chi connectivity index (χ2v) is 14.3. The number of aliphatic hydroxyl groups excluding tert-OH is 1. The van der Waals surface area contributed by atoms with Crippen molar-refractivity contribution in [3.05, 3.63) is 12.3 Å². The standard InChI is InChI=1S/C20H37N2O7P.C5H10O.C3H8O2.CH2O2/c1-16(10-12-30(25,28-15-26-6)27-13-20(2,3)4)17-7-8-19(29-17)22(5)11-9-18(24)21-14-23;1-5(2,3)4-6;1-5-3-2-4;2-1-3/h9,11,14,16-17,19H,7-8,10,12-13,15H2,1-6H3,(H,21,23,24);4H,1-3H3;4H,2-3H2,1H3;1H,(H,2,3)/b11-9-;;;. The van der Waals surface area contributed by atoms with E-state index in [0.29, 0.717) is 32.2 Å². The first-order chi connectivity index (χ1) is 20.4. The Balaban J connectivity index is -0.000000995. The highest BCUT2D eigenvalue weighted by molar-refractivity contribution is 7.53. The number of carbonyl (C=O) groups is 4. The Labute approximate surface area is 263 Å². The Hall–Kier alpha value is -2.19. The highest BCUT2D eigenvalue weighted by atomic mass is 31.2. The fourth-order valence-corrected chi connectivity index (χ4v) is 4.89. The van der Waals surface area contributed by atoms with Crippen molar-refractivity contribution < 1.29 is 57.2 Å². The molecule has 44 heavy (non-hydrogen) atoms. The van der Waals surface area contributed by atoms with Crippen LogP contribution in [0.25, 0.3) is 0 Å². The zero-order chi connectivity index (χ0) is 34.8. The summed E-state index contributed by atoms with van der Waals surface area (Å²) in [5.74, 6) is -0.328. The molecule has 4 atom stereocenters. The van der Waals surface area contributed by atoms with Crippen LogP contribution in [-0.4, -0.2) is 107 Å². The molecule has 1 fully saturated rings. The van der Waals surface area contributed by atoms with Gasteiger partial charge in [-0.3, -0.25) is 28.8 Å². The molecule has 3 N–H and O–H groups in total. The monoisotopic (exact) mass is 656 g/mol. The van der Waals surface area contributed by atoms with Crippen LogP contribution in [0.3, 0.4) is 0 Å². The number of methoxy groups -OCH3 is 2. The van der Waals surface area contributed by atoms with Crippen LogP contribution in [-0.2, 0) is 47.0 Å². The van der Waals surface area contributed by atoms with Crippen molar-refractivity contribution in [3.8, 4) is 0 Å². The molecule has 260 valence electrons. The molecule has 14 nitrogen and oxygen atoms in total. The Morgan fingerprint density at radius 3 is 2.07 bits per heavy atom. The van der Waals surface area contributed by atoms with Gasteiger partial charge in [0.05, 0.1) is 32.1 Å². The quantitative estimate of drug-likeness (QED) is 0.100. The first-order valence-corrected chi connectivity index (χ1v) is 15.9. The molecule has 1 saturated heterocycles. The molecule has 0 aromatic heterocycles. The summed E-state index contributed by atoms with van der Waals surface area (Å²) in [6, 6.07) is 0. The number of ether oxygens (including phenoxy) is 3. The fourth-order valence-electron chi connectivity index (χ4n) is 2.98. The van der Waals surface area contributed by atoms with E-state index in [1.807, 2.05) is 48.6 Å². The third-order valence-electron chi connectivity index (χ3n) is 5.35. The number of aldehydes is 1. The Bertz CT molecular complexity index is 841. The number of hydrogen-bond donors (Lipinski definition) is 3. The smallest absolute Gasteiger partial charge is 0.332 e. The number of hydrogen-bond acceptors (Lipinski definition) is 12. The van der Waals surface area contributed by atoms with Gasteiger partial charge in [-0.15, -0.1) is 0 Å². The lowest BCUT2D eigenvalue weighted by Crippen LogP contribution is -2.29. The highest BCUT2D eigenvalue weighted by Crippen LogP contribution is 2.50. The third kappa shape index (κ3) is 28.6. The average molecular weight is 657 g/mol. The highest BCUT2D eigenvalue weighted by Gasteiger charge is 2.34. The van der Waals surface area contributed by atoms with Crippen molar-refractivity contribution in [1.82, 2.24) is 10.2 Å². The zero-order valence-corrected chi connectivity index (χ0v) is 29.0. The molecule has 1 aliphatic heterocycles. The number of nitrogens with zero attached hydrogens (tertiary/aromatic N) is 1. The van der Waals surface area contributed by atoms with Crippen LogP contribution in [0.15, 0.2) is 12.3 Å². The molecular weight excluding hydrogens is 599 g/mol. The summed E-state index contributed by atoms with van der Waals surface area (Å²) in [6.45, 7) is 14.3. The SMILES string of the molecule is CC(C)(C)C=O.COCCO.COCOP(=O)(CCC(C)C1CCC(N(C)/C=C\C(=O)NC=O)O1)OCC(C)(C)C.O=CO. The first kappa shape index (κ1) is 46.2. The van der Waals surface area contributed by atoms with Gasteiger partial charge in [0, 0.05) is 39.0 Å². The molecule has 0 aromatic carbocycles. The predicted molar refractivity (Wildman–Crippen MR) is 167 cm³/mol. The van der Waals surface area contributed by atoms with Gasteiger partial charge in [0.1, 0.15) is 12.5 Å². The topological polar surface area (TPSA) is 187 Å². The first-order valence-electron chi connectivity index (χ1n) is 14.2. The number of nitrogens with one attached hydrogen (secondary N) is 1. The van der Waals surface area contributed by atoms with Crippen molar-refractivity contribution in [2.24, 2.45) is 16.7 Å². The summed E-state index contributed by atoms with van der Waals surface area (Å²) in [4.78, 5) is 41.6. The lowest BCUT2D eigenvalue weighted by atomic mass is 9.99. The van der Waals surface area contributed by atoms with E-state index in [1.54, 1.807) is 18.2 Å². The lowest BCUT2D eigenvalue weighted by molar-refractivity contribution is -0.123. The molecule has 0 bridgehead atoms. The van der Waals surface area contributed by atoms with Gasteiger partial charge < -0.3 is 38.6 Å². The van der Waals surface area contributed by atoms with E-state index < -0.39 is 13.5 Å². The summed E-state index contributed by atoms with van der Waals surface area (Å²) in [5.41, 5.74) is -0.264. The van der Waals surface area contributed by atoms with Gasteiger partial charge in [-0.05, 0) is 30.6 Å². The van der Waals surface area contributed by atoms with Crippen molar-refractivity contribution in [2.45, 2.75) is 80.1 Å². The molecule has 0 aromatic rings. The van der Waals surface area contributed by atoms with Gasteiger partial charge in [-0.25, -0.2) is 0 Å². The summed E-state index contributed by atoms with van der Waals surface area (Å²) in [7, 11) is 1.59. The molecule has 0 saturated carbocycles. The largest absolute Gasteiger partial charge is 0.483 e. The molecule has 0 spiro atoms. The summed E-state index contributed by atoms with van der Waals surface area (Å²) in [6.07, 6.45) is 6.58. The van der Waals surface area contributed by atoms with Crippen LogP contribution in [0.2, 0.25) is 0 Å². The molecule has 1 aliphatic rings. The molecule has 2 amide bonds. The van der Waals surface area contributed by atoms with Crippen LogP contribution in [0.4, 0.5) is 0 Å². The van der Waals surface area contributed by atoms with E-state index in [-0.39, 0.29) is 49.0 Å². The minimum Gasteiger partial charge on any atom is -0.483 e. The van der Waals surface area contributed by atoms with E-state index in [1.165, 1.54) is 13.2 Å². The molecule has 0 radical (unpaired) electrons. The maximum atomic E-state index is 13.1. The summed E-state index contributed by atoms with van der Waals surface area (Å²) in [5, 5.41) is 16.9. The van der Waals surface area contributed by atoms with E-state index in [9.17, 15) is 18.9 Å². The van der Waals surface area contributed by atoms with Crippen LogP contribution in [0, 0.1) is 16.7 Å². The third-order valence-corrected chi connectivity index (χ3v) is 7.18. The number of carbonyl (C=O) groups excluding carboxylic acids is 3. The van der Waals surface area contributed by atoms with Gasteiger partial charge >= 0.3 is 7.60 Å². The van der Waals surface area contributed by atoms with E-state index >= 15 is 0 Å². The lowest BCUT2D eigenvalue weighted by Gasteiger charge is -2.27. The summed E-state index contributed by atoms with van der Waals surface area (Å²) < 4.78 is 39.6. The summed E-state index contributed by atoms with van der Waals surface area (Å²) >= 11 is 0. The molecule has 15 heteroatoms. The van der Waals surface area contributed by atoms with E-state index in [0.717, 1.165) is 19.1 Å². The zero-order valence-electron chi connectivity index (χ0n) is 28.1. The molecule has 4 unspecified atom stereocenters. The van der Waals surface area contributed by atoms with Gasteiger partial charge in [-0.1, -0.05) is 48.5 Å². The Morgan fingerprint density at radius 1 is 1.09 bits per heavy atom. The van der Waals surface area contributed by atoms with Crippen molar-refractivity contribution in [3.63, 3.8) is 0 Å². The maximum Gasteiger partial charge on any atom is 0.332 e. The average Bonchev–Trinajstić information content (AvgIpc) is 3.44. The van der Waals surface area contributed by atoms with Crippen LogP contribution in [0.1, 0.15) is 67.7 Å². The van der Waals surface area contributed by atoms with Crippen molar-refractivity contribution in [1.29, 1.82) is 0 Å². The Morgan fingerprint density at radius 2 is 1.66 bits per heavy atom. The molecular formula is C29H57N2O12P. The van der Waals surface area contributed by atoms with Gasteiger partial charge in [-0.2, -0.15) is 0 Å². The van der Waals surface area contributed by atoms with Crippen LogP contribution < -0.4 is 5.32 Å². The predicted octanol–water partition coefficient (Wildman–Crippen LogP) is 3.67. The fraction of sp³-hybridized carbons (Fsp3) is 0.793. The number of imide groups is 1. The molecule has 1 rings (SSSR count). The van der Waals surface area contributed by atoms with Gasteiger partial charge in [0.25, 0.3) is 12.4 Å². The number of rotatable bonds is 15. The van der Waals surface area contributed by atoms with Gasteiger partial charge in [0.15, 0.2) is 6.79 Å². The van der Waals surface area contributed by atoms with E-state index in [2.05, 4.69) is 17.0 Å². The second-order valence-electron chi connectivity index (χ2n) is 12.1. The van der Waals surface area contributed by atoms with Crippen molar-refractivity contribution >= 4 is 32.7 Å². The van der Waals surface area contributed by atoms with Crippen LogP contribution >= 0.6 is 7.60 Å². The number of aliphatic hydroxyl groups is 1. The number of amides is 2. The maximum absolute atomic E-state index is 13.1. The number of carboxylic acid groups (broad SMARTS) is 1. The second kappa shape index (κ2) is 26.1. The van der Waals surface area contributed by atoms with Crippen LogP contribution in [0.5, 0.6) is 0 Å². The van der Waals surface area contributed by atoms with E-state index in [4.69, 9.17) is 33.5 Å². The molecule has 1 heterocycles. The minimum atomic E-state index is -3.26.